The summed E-state index contributed by atoms with van der Waals surface area (Å²) in [6.07, 6.45) is 0.219. The number of nitrogens with zero attached hydrogens (tertiary/aromatic N) is 1. The molecule has 24 heavy (non-hydrogen) atoms. The first-order valence-electron chi connectivity index (χ1n) is 7.82. The van der Waals surface area contributed by atoms with Crippen molar-refractivity contribution < 1.29 is 9.59 Å². The lowest BCUT2D eigenvalue weighted by Crippen LogP contribution is -2.33. The minimum Gasteiger partial charge on any atom is -0.352 e. The van der Waals surface area contributed by atoms with Gasteiger partial charge in [-0.3, -0.25) is 9.59 Å². The van der Waals surface area contributed by atoms with Gasteiger partial charge in [-0.25, -0.2) is 0 Å². The number of carbonyl (C=O) groups excluding carboxylic acids is 2. The van der Waals surface area contributed by atoms with Crippen LogP contribution in [0.4, 0.5) is 5.69 Å². The Labute approximate surface area is 147 Å². The quantitative estimate of drug-likeness (QED) is 0.868. The molecule has 0 aliphatic rings. The van der Waals surface area contributed by atoms with Gasteiger partial charge < -0.3 is 10.2 Å². The van der Waals surface area contributed by atoms with Gasteiger partial charge in [0, 0.05) is 26.4 Å². The maximum Gasteiger partial charge on any atom is 0.223 e. The van der Waals surface area contributed by atoms with Crippen LogP contribution in [0.2, 0.25) is 5.02 Å². The number of hydrogen-bond donors (Lipinski definition) is 1. The average molecular weight is 345 g/mol. The third-order valence-electron chi connectivity index (χ3n) is 3.66. The van der Waals surface area contributed by atoms with Crippen molar-refractivity contribution in [3.05, 3.63) is 64.7 Å². The lowest BCUT2D eigenvalue weighted by molar-refractivity contribution is -0.121. The topological polar surface area (TPSA) is 49.4 Å². The molecular formula is C19H21ClN2O2. The van der Waals surface area contributed by atoms with Gasteiger partial charge in [0.25, 0.3) is 0 Å². The molecule has 0 heterocycles. The highest BCUT2D eigenvalue weighted by Crippen LogP contribution is 2.25. The van der Waals surface area contributed by atoms with Crippen LogP contribution in [0.15, 0.2) is 48.5 Å². The minimum absolute atomic E-state index is 0.102. The number of benzene rings is 2. The van der Waals surface area contributed by atoms with Gasteiger partial charge >= 0.3 is 0 Å². The molecule has 4 nitrogen and oxygen atoms in total. The summed E-state index contributed by atoms with van der Waals surface area (Å²) >= 11 is 6.14. The molecule has 0 spiro atoms. The predicted molar refractivity (Wildman–Crippen MR) is 97.1 cm³/mol. The van der Waals surface area contributed by atoms with E-state index in [0.717, 1.165) is 11.1 Å². The Morgan fingerprint density at radius 2 is 1.88 bits per heavy atom. The summed E-state index contributed by atoms with van der Waals surface area (Å²) in [4.78, 5) is 25.4. The van der Waals surface area contributed by atoms with E-state index in [2.05, 4.69) is 5.32 Å². The highest BCUT2D eigenvalue weighted by molar-refractivity contribution is 6.33. The summed E-state index contributed by atoms with van der Waals surface area (Å²) in [5.74, 6) is -0.246. The lowest BCUT2D eigenvalue weighted by atomic mass is 10.1. The van der Waals surface area contributed by atoms with E-state index in [0.29, 0.717) is 23.8 Å². The van der Waals surface area contributed by atoms with Crippen LogP contribution in [-0.4, -0.2) is 18.4 Å². The van der Waals surface area contributed by atoms with E-state index in [1.165, 1.54) is 11.8 Å². The largest absolute Gasteiger partial charge is 0.352 e. The van der Waals surface area contributed by atoms with Crippen LogP contribution in [0.3, 0.4) is 0 Å². The van der Waals surface area contributed by atoms with E-state index in [-0.39, 0.29) is 18.2 Å². The fraction of sp³-hybridized carbons (Fsp3) is 0.263. The summed E-state index contributed by atoms with van der Waals surface area (Å²) in [5.41, 5.74) is 2.83. The standard InChI is InChI=1S/C19H21ClN2O2/c1-14-6-5-7-16(12-14)13-21-19(24)10-11-22(15(2)23)18-9-4-3-8-17(18)20/h3-9,12H,10-11,13H2,1-2H3,(H,21,24). The molecule has 1 N–H and O–H groups in total. The van der Waals surface area contributed by atoms with Crippen LogP contribution < -0.4 is 10.2 Å². The molecule has 0 fully saturated rings. The van der Waals surface area contributed by atoms with Gasteiger partial charge in [-0.1, -0.05) is 53.6 Å². The number of halogens is 1. The second-order valence-corrected chi connectivity index (χ2v) is 6.05. The van der Waals surface area contributed by atoms with Crippen LogP contribution in [0, 0.1) is 6.92 Å². The number of rotatable bonds is 6. The summed E-state index contributed by atoms with van der Waals surface area (Å²) < 4.78 is 0. The minimum atomic E-state index is -0.144. The zero-order chi connectivity index (χ0) is 17.5. The van der Waals surface area contributed by atoms with Crippen molar-refractivity contribution in [2.75, 3.05) is 11.4 Å². The highest BCUT2D eigenvalue weighted by Gasteiger charge is 2.15. The second kappa shape index (κ2) is 8.50. The molecular weight excluding hydrogens is 324 g/mol. The Bertz CT molecular complexity index is 731. The van der Waals surface area contributed by atoms with Crippen molar-refractivity contribution in [2.45, 2.75) is 26.8 Å². The van der Waals surface area contributed by atoms with Crippen LogP contribution in [-0.2, 0) is 16.1 Å². The van der Waals surface area contributed by atoms with Crippen LogP contribution >= 0.6 is 11.6 Å². The number of anilines is 1. The summed E-state index contributed by atoms with van der Waals surface area (Å²) in [6, 6.07) is 15.1. The van der Waals surface area contributed by atoms with E-state index >= 15 is 0 Å². The van der Waals surface area contributed by atoms with Crippen molar-refractivity contribution in [3.63, 3.8) is 0 Å². The number of aryl methyl sites for hydroxylation is 1. The number of hydrogen-bond acceptors (Lipinski definition) is 2. The van der Waals surface area contributed by atoms with E-state index in [1.54, 1.807) is 18.2 Å². The molecule has 2 aromatic carbocycles. The van der Waals surface area contributed by atoms with E-state index in [1.807, 2.05) is 37.3 Å². The number of amides is 2. The normalized spacial score (nSPS) is 10.3. The summed E-state index contributed by atoms with van der Waals surface area (Å²) in [7, 11) is 0. The fourth-order valence-corrected chi connectivity index (χ4v) is 2.68. The smallest absolute Gasteiger partial charge is 0.223 e. The Hall–Kier alpha value is -2.33. The molecule has 2 aromatic rings. The lowest BCUT2D eigenvalue weighted by Gasteiger charge is -2.22. The maximum absolute atomic E-state index is 12.1. The van der Waals surface area contributed by atoms with Crippen molar-refractivity contribution >= 4 is 29.1 Å². The molecule has 5 heteroatoms. The monoisotopic (exact) mass is 344 g/mol. The first kappa shape index (κ1) is 18.0. The molecule has 0 saturated carbocycles. The predicted octanol–water partition coefficient (Wildman–Crippen LogP) is 3.71. The molecule has 0 saturated heterocycles. The maximum atomic E-state index is 12.1. The van der Waals surface area contributed by atoms with E-state index in [4.69, 9.17) is 11.6 Å². The molecule has 0 unspecified atom stereocenters. The zero-order valence-corrected chi connectivity index (χ0v) is 14.6. The van der Waals surface area contributed by atoms with E-state index < -0.39 is 0 Å². The van der Waals surface area contributed by atoms with Gasteiger partial charge in [-0.05, 0) is 24.6 Å². The number of carbonyl (C=O) groups is 2. The molecule has 0 aromatic heterocycles. The van der Waals surface area contributed by atoms with Gasteiger partial charge in [0.2, 0.25) is 11.8 Å². The molecule has 0 bridgehead atoms. The molecule has 126 valence electrons. The van der Waals surface area contributed by atoms with Gasteiger partial charge in [0.15, 0.2) is 0 Å². The van der Waals surface area contributed by atoms with Gasteiger partial charge in [-0.2, -0.15) is 0 Å². The van der Waals surface area contributed by atoms with Crippen molar-refractivity contribution in [2.24, 2.45) is 0 Å². The third-order valence-corrected chi connectivity index (χ3v) is 3.98. The fourth-order valence-electron chi connectivity index (χ4n) is 2.44. The SMILES string of the molecule is CC(=O)N(CCC(=O)NCc1cccc(C)c1)c1ccccc1Cl. The van der Waals surface area contributed by atoms with Gasteiger partial charge in [0.1, 0.15) is 0 Å². The summed E-state index contributed by atoms with van der Waals surface area (Å²) in [5, 5.41) is 3.37. The molecule has 0 radical (unpaired) electrons. The van der Waals surface area contributed by atoms with Crippen molar-refractivity contribution in [3.8, 4) is 0 Å². The molecule has 0 aliphatic carbocycles. The van der Waals surface area contributed by atoms with Gasteiger partial charge in [-0.15, -0.1) is 0 Å². The Morgan fingerprint density at radius 1 is 1.12 bits per heavy atom. The van der Waals surface area contributed by atoms with Crippen LogP contribution in [0.5, 0.6) is 0 Å². The molecule has 0 atom stereocenters. The van der Waals surface area contributed by atoms with Crippen LogP contribution in [0.25, 0.3) is 0 Å². The first-order valence-corrected chi connectivity index (χ1v) is 8.20. The van der Waals surface area contributed by atoms with Gasteiger partial charge in [0.05, 0.1) is 10.7 Å². The van der Waals surface area contributed by atoms with E-state index in [9.17, 15) is 9.59 Å². The Kier molecular flexibility index (Phi) is 6.38. The first-order chi connectivity index (χ1) is 11.5. The molecule has 2 rings (SSSR count). The Morgan fingerprint density at radius 3 is 2.54 bits per heavy atom. The number of para-hydroxylation sites is 1. The van der Waals surface area contributed by atoms with Crippen molar-refractivity contribution in [1.29, 1.82) is 0 Å². The second-order valence-electron chi connectivity index (χ2n) is 5.64. The highest BCUT2D eigenvalue weighted by atomic mass is 35.5. The zero-order valence-electron chi connectivity index (χ0n) is 13.9. The summed E-state index contributed by atoms with van der Waals surface area (Å²) in [6.45, 7) is 4.25. The molecule has 0 aliphatic heterocycles. The van der Waals surface area contributed by atoms with Crippen molar-refractivity contribution in [1.82, 2.24) is 5.32 Å². The third kappa shape index (κ3) is 5.10. The molecule has 2 amide bonds. The average Bonchev–Trinajstić information content (AvgIpc) is 2.54. The number of nitrogens with one attached hydrogen (secondary N) is 1. The van der Waals surface area contributed by atoms with Crippen LogP contribution in [0.1, 0.15) is 24.5 Å². The Balaban J connectivity index is 1.91.